The topological polar surface area (TPSA) is 56.8 Å². The number of para-hydroxylation sites is 1. The molecular weight excluding hydrogens is 342 g/mol. The largest absolute Gasteiger partial charge is 0.497 e. The highest BCUT2D eigenvalue weighted by Crippen LogP contribution is 2.20. The molecule has 0 saturated carbocycles. The summed E-state index contributed by atoms with van der Waals surface area (Å²) in [5, 5.41) is 2.93. The zero-order valence-electron chi connectivity index (χ0n) is 16.4. The van der Waals surface area contributed by atoms with Crippen LogP contribution in [0.2, 0.25) is 0 Å². The predicted molar refractivity (Wildman–Crippen MR) is 107 cm³/mol. The first-order valence-electron chi connectivity index (χ1n) is 9.43. The third-order valence-corrected chi connectivity index (χ3v) is 4.10. The molecule has 2 aromatic carbocycles. The molecule has 27 heavy (non-hydrogen) atoms. The number of carbonyl (C=O) groups is 1. The molecule has 0 aliphatic rings. The van der Waals surface area contributed by atoms with Gasteiger partial charge in [-0.15, -0.1) is 0 Å². The van der Waals surface area contributed by atoms with Gasteiger partial charge in [-0.1, -0.05) is 25.1 Å². The minimum absolute atomic E-state index is 0.124. The van der Waals surface area contributed by atoms with E-state index in [2.05, 4.69) is 18.3 Å². The predicted octanol–water partition coefficient (Wildman–Crippen LogP) is 4.00. The summed E-state index contributed by atoms with van der Waals surface area (Å²) in [4.78, 5) is 12.2. The first-order chi connectivity index (χ1) is 13.1. The molecule has 2 aromatic rings. The molecule has 0 radical (unpaired) electrons. The van der Waals surface area contributed by atoms with E-state index in [1.54, 1.807) is 38.3 Å². The van der Waals surface area contributed by atoms with Crippen molar-refractivity contribution in [1.82, 2.24) is 5.32 Å². The van der Waals surface area contributed by atoms with Crippen LogP contribution in [0.5, 0.6) is 17.2 Å². The van der Waals surface area contributed by atoms with Crippen LogP contribution in [0, 0.1) is 0 Å². The number of amides is 1. The molecule has 0 saturated heterocycles. The molecule has 146 valence electrons. The molecule has 0 spiro atoms. The molecular formula is C22H29NO4. The van der Waals surface area contributed by atoms with Crippen molar-refractivity contribution in [1.29, 1.82) is 0 Å². The second-order valence-electron chi connectivity index (χ2n) is 6.29. The van der Waals surface area contributed by atoms with Crippen LogP contribution in [0.25, 0.3) is 0 Å². The molecule has 0 aromatic heterocycles. The van der Waals surface area contributed by atoms with Crippen molar-refractivity contribution in [2.75, 3.05) is 20.3 Å². The third-order valence-electron chi connectivity index (χ3n) is 4.10. The first-order valence-corrected chi connectivity index (χ1v) is 9.43. The van der Waals surface area contributed by atoms with Gasteiger partial charge in [0.25, 0.3) is 5.91 Å². The van der Waals surface area contributed by atoms with Crippen molar-refractivity contribution in [2.45, 2.75) is 39.2 Å². The van der Waals surface area contributed by atoms with Crippen LogP contribution in [0.4, 0.5) is 0 Å². The van der Waals surface area contributed by atoms with E-state index in [4.69, 9.17) is 14.2 Å². The highest BCUT2D eigenvalue weighted by atomic mass is 16.5. The van der Waals surface area contributed by atoms with Gasteiger partial charge in [0.05, 0.1) is 13.7 Å². The van der Waals surface area contributed by atoms with Crippen molar-refractivity contribution < 1.29 is 19.0 Å². The Bertz CT molecular complexity index is 700. The molecule has 5 heteroatoms. The minimum Gasteiger partial charge on any atom is -0.497 e. The van der Waals surface area contributed by atoms with Crippen molar-refractivity contribution in [3.05, 3.63) is 54.1 Å². The van der Waals surface area contributed by atoms with E-state index < -0.39 is 6.10 Å². The number of ether oxygens (including phenoxy) is 3. The lowest BCUT2D eigenvalue weighted by Gasteiger charge is -2.15. The van der Waals surface area contributed by atoms with Crippen LogP contribution >= 0.6 is 0 Å². The molecule has 2 rings (SSSR count). The van der Waals surface area contributed by atoms with Gasteiger partial charge in [-0.2, -0.15) is 0 Å². The van der Waals surface area contributed by atoms with Gasteiger partial charge in [-0.25, -0.2) is 0 Å². The molecule has 0 bridgehead atoms. The molecule has 0 unspecified atom stereocenters. The lowest BCUT2D eigenvalue weighted by Crippen LogP contribution is -2.36. The summed E-state index contributed by atoms with van der Waals surface area (Å²) in [6, 6.07) is 15.2. The lowest BCUT2D eigenvalue weighted by atomic mass is 10.1. The van der Waals surface area contributed by atoms with E-state index >= 15 is 0 Å². The number of hydrogen-bond acceptors (Lipinski definition) is 4. The summed E-state index contributed by atoms with van der Waals surface area (Å²) in [7, 11) is 1.61. The van der Waals surface area contributed by atoms with Crippen molar-refractivity contribution in [2.24, 2.45) is 0 Å². The highest BCUT2D eigenvalue weighted by molar-refractivity contribution is 5.80. The SMILES string of the molecule is CCCOc1ccccc1CCCNC(=O)[C@H](C)Oc1ccc(OC)cc1. The average molecular weight is 371 g/mol. The van der Waals surface area contributed by atoms with E-state index in [-0.39, 0.29) is 5.91 Å². The number of methoxy groups -OCH3 is 1. The zero-order chi connectivity index (χ0) is 19.5. The van der Waals surface area contributed by atoms with Gasteiger partial charge in [-0.05, 0) is 62.1 Å². The summed E-state index contributed by atoms with van der Waals surface area (Å²) in [6.07, 6.45) is 2.12. The van der Waals surface area contributed by atoms with Crippen molar-refractivity contribution in [3.8, 4) is 17.2 Å². The van der Waals surface area contributed by atoms with Crippen molar-refractivity contribution in [3.63, 3.8) is 0 Å². The molecule has 0 heterocycles. The standard InChI is InChI=1S/C22H29NO4/c1-4-16-26-21-10-6-5-8-18(21)9-7-15-23-22(24)17(2)27-20-13-11-19(25-3)12-14-20/h5-6,8,10-14,17H,4,7,9,15-16H2,1-3H3,(H,23,24)/t17-/m0/s1. The number of aryl methyl sites for hydroxylation is 1. The van der Waals surface area contributed by atoms with E-state index in [0.29, 0.717) is 18.9 Å². The molecule has 0 aliphatic heterocycles. The highest BCUT2D eigenvalue weighted by Gasteiger charge is 2.14. The van der Waals surface area contributed by atoms with E-state index in [0.717, 1.165) is 30.8 Å². The molecule has 0 aliphatic carbocycles. The Kier molecular flexibility index (Phi) is 8.49. The maximum absolute atomic E-state index is 12.2. The van der Waals surface area contributed by atoms with Gasteiger partial charge < -0.3 is 19.5 Å². The van der Waals surface area contributed by atoms with Crippen LogP contribution in [0.15, 0.2) is 48.5 Å². The smallest absolute Gasteiger partial charge is 0.260 e. The Morgan fingerprint density at radius 3 is 2.48 bits per heavy atom. The quantitative estimate of drug-likeness (QED) is 0.607. The molecule has 0 fully saturated rings. The second kappa shape index (κ2) is 11.1. The first kappa shape index (κ1) is 20.6. The second-order valence-corrected chi connectivity index (χ2v) is 6.29. The zero-order valence-corrected chi connectivity index (χ0v) is 16.4. The van der Waals surface area contributed by atoms with Crippen LogP contribution in [0.3, 0.4) is 0 Å². The summed E-state index contributed by atoms with van der Waals surface area (Å²) < 4.78 is 16.5. The van der Waals surface area contributed by atoms with Gasteiger partial charge in [0, 0.05) is 6.54 Å². The molecule has 5 nitrogen and oxygen atoms in total. The Morgan fingerprint density at radius 2 is 1.78 bits per heavy atom. The summed E-state index contributed by atoms with van der Waals surface area (Å²) >= 11 is 0. The van der Waals surface area contributed by atoms with Crippen LogP contribution < -0.4 is 19.5 Å². The third kappa shape index (κ3) is 6.85. The monoisotopic (exact) mass is 371 g/mol. The molecule has 1 N–H and O–H groups in total. The van der Waals surface area contributed by atoms with Crippen LogP contribution in [-0.2, 0) is 11.2 Å². The Hall–Kier alpha value is -2.69. The minimum atomic E-state index is -0.557. The summed E-state index contributed by atoms with van der Waals surface area (Å²) in [5.41, 5.74) is 1.17. The number of nitrogens with one attached hydrogen (secondary N) is 1. The Morgan fingerprint density at radius 1 is 1.07 bits per heavy atom. The van der Waals surface area contributed by atoms with E-state index in [9.17, 15) is 4.79 Å². The van der Waals surface area contributed by atoms with Crippen LogP contribution in [-0.4, -0.2) is 32.3 Å². The lowest BCUT2D eigenvalue weighted by molar-refractivity contribution is -0.127. The van der Waals surface area contributed by atoms with Gasteiger partial charge in [-0.3, -0.25) is 4.79 Å². The van der Waals surface area contributed by atoms with Crippen LogP contribution in [0.1, 0.15) is 32.3 Å². The maximum atomic E-state index is 12.2. The van der Waals surface area contributed by atoms with E-state index in [1.807, 2.05) is 18.2 Å². The van der Waals surface area contributed by atoms with E-state index in [1.165, 1.54) is 5.56 Å². The fourth-order valence-electron chi connectivity index (χ4n) is 2.61. The molecule has 1 atom stereocenters. The summed E-state index contributed by atoms with van der Waals surface area (Å²) in [5.74, 6) is 2.20. The van der Waals surface area contributed by atoms with Gasteiger partial charge in [0.1, 0.15) is 17.2 Å². The number of rotatable bonds is 11. The Labute approximate surface area is 161 Å². The average Bonchev–Trinajstić information content (AvgIpc) is 2.70. The van der Waals surface area contributed by atoms with Gasteiger partial charge in [0.15, 0.2) is 6.10 Å². The van der Waals surface area contributed by atoms with Crippen molar-refractivity contribution >= 4 is 5.91 Å². The maximum Gasteiger partial charge on any atom is 0.260 e. The number of carbonyl (C=O) groups excluding carboxylic acids is 1. The number of benzene rings is 2. The Balaban J connectivity index is 1.73. The summed E-state index contributed by atoms with van der Waals surface area (Å²) in [6.45, 7) is 5.14. The number of hydrogen-bond donors (Lipinski definition) is 1. The fraction of sp³-hybridized carbons (Fsp3) is 0.409. The molecule has 1 amide bonds. The fourth-order valence-corrected chi connectivity index (χ4v) is 2.61. The normalized spacial score (nSPS) is 11.5. The van der Waals surface area contributed by atoms with Gasteiger partial charge in [0.2, 0.25) is 0 Å². The van der Waals surface area contributed by atoms with Gasteiger partial charge >= 0.3 is 0 Å².